The zero-order valence-corrected chi connectivity index (χ0v) is 14.9. The molecule has 0 heterocycles. The number of hydrogen-bond acceptors (Lipinski definition) is 3. The van der Waals surface area contributed by atoms with Crippen LogP contribution < -0.4 is 21.7 Å². The molecule has 0 saturated heterocycles. The van der Waals surface area contributed by atoms with Crippen molar-refractivity contribution < 1.29 is 9.59 Å². The number of anilines is 2. The quantitative estimate of drug-likeness (QED) is 0.607. The molecule has 24 heavy (non-hydrogen) atoms. The second kappa shape index (κ2) is 8.68. The van der Waals surface area contributed by atoms with E-state index in [0.717, 1.165) is 4.47 Å². The highest BCUT2D eigenvalue weighted by molar-refractivity contribution is 9.10. The predicted molar refractivity (Wildman–Crippen MR) is 99.6 cm³/mol. The SMILES string of the molecule is NCCNC(=O)c1ccc(Cl)cc1NC(=O)Nc1cccc(Br)c1. The van der Waals surface area contributed by atoms with Gasteiger partial charge in [-0.25, -0.2) is 4.79 Å². The van der Waals surface area contributed by atoms with Crippen LogP contribution in [-0.2, 0) is 0 Å². The van der Waals surface area contributed by atoms with Crippen molar-refractivity contribution in [3.63, 3.8) is 0 Å². The van der Waals surface area contributed by atoms with Crippen molar-refractivity contribution in [3.8, 4) is 0 Å². The minimum Gasteiger partial charge on any atom is -0.351 e. The lowest BCUT2D eigenvalue weighted by Crippen LogP contribution is -2.30. The molecule has 0 radical (unpaired) electrons. The van der Waals surface area contributed by atoms with E-state index in [2.05, 4.69) is 31.9 Å². The van der Waals surface area contributed by atoms with Crippen LogP contribution in [0.1, 0.15) is 10.4 Å². The summed E-state index contributed by atoms with van der Waals surface area (Å²) in [5.74, 6) is -0.338. The molecule has 0 aliphatic heterocycles. The molecule has 126 valence electrons. The van der Waals surface area contributed by atoms with E-state index in [0.29, 0.717) is 35.1 Å². The largest absolute Gasteiger partial charge is 0.351 e. The third-order valence-electron chi connectivity index (χ3n) is 2.99. The summed E-state index contributed by atoms with van der Waals surface area (Å²) in [5.41, 5.74) is 6.60. The normalized spacial score (nSPS) is 10.1. The van der Waals surface area contributed by atoms with E-state index in [1.807, 2.05) is 6.07 Å². The Morgan fingerprint density at radius 3 is 2.62 bits per heavy atom. The van der Waals surface area contributed by atoms with Gasteiger partial charge in [0.1, 0.15) is 0 Å². The Bertz CT molecular complexity index is 755. The van der Waals surface area contributed by atoms with Crippen LogP contribution in [0, 0.1) is 0 Å². The molecular weight excluding hydrogens is 396 g/mol. The van der Waals surface area contributed by atoms with Crippen molar-refractivity contribution in [2.75, 3.05) is 23.7 Å². The lowest BCUT2D eigenvalue weighted by molar-refractivity contribution is 0.0955. The average molecular weight is 412 g/mol. The molecule has 0 aliphatic carbocycles. The van der Waals surface area contributed by atoms with Crippen LogP contribution in [-0.4, -0.2) is 25.0 Å². The Morgan fingerprint density at radius 2 is 1.92 bits per heavy atom. The fourth-order valence-electron chi connectivity index (χ4n) is 1.95. The summed E-state index contributed by atoms with van der Waals surface area (Å²) in [4.78, 5) is 24.3. The number of halogens is 2. The van der Waals surface area contributed by atoms with Gasteiger partial charge in [-0.1, -0.05) is 33.6 Å². The first-order valence-corrected chi connectivity index (χ1v) is 8.28. The number of carbonyl (C=O) groups is 2. The van der Waals surface area contributed by atoms with Crippen molar-refractivity contribution in [3.05, 3.63) is 57.5 Å². The summed E-state index contributed by atoms with van der Waals surface area (Å²) < 4.78 is 0.838. The number of nitrogens with two attached hydrogens (primary N) is 1. The Balaban J connectivity index is 2.14. The van der Waals surface area contributed by atoms with E-state index in [9.17, 15) is 9.59 Å². The lowest BCUT2D eigenvalue weighted by Gasteiger charge is -2.12. The van der Waals surface area contributed by atoms with Crippen LogP contribution >= 0.6 is 27.5 Å². The molecule has 0 atom stereocenters. The number of urea groups is 1. The third kappa shape index (κ3) is 5.23. The van der Waals surface area contributed by atoms with Crippen LogP contribution in [0.15, 0.2) is 46.9 Å². The molecule has 2 rings (SSSR count). The Hall–Kier alpha value is -2.09. The first-order valence-electron chi connectivity index (χ1n) is 7.11. The van der Waals surface area contributed by atoms with Crippen LogP contribution in [0.3, 0.4) is 0 Å². The maximum absolute atomic E-state index is 12.2. The number of benzene rings is 2. The molecular formula is C16H16BrClN4O2. The van der Waals surface area contributed by atoms with Gasteiger partial charge in [-0.3, -0.25) is 4.79 Å². The van der Waals surface area contributed by atoms with Crippen LogP contribution in [0.25, 0.3) is 0 Å². The smallest absolute Gasteiger partial charge is 0.323 e. The fourth-order valence-corrected chi connectivity index (χ4v) is 2.52. The highest BCUT2D eigenvalue weighted by Crippen LogP contribution is 2.22. The number of carbonyl (C=O) groups excluding carboxylic acids is 2. The van der Waals surface area contributed by atoms with E-state index >= 15 is 0 Å². The fraction of sp³-hybridized carbons (Fsp3) is 0.125. The zero-order chi connectivity index (χ0) is 17.5. The van der Waals surface area contributed by atoms with Gasteiger partial charge in [0, 0.05) is 28.3 Å². The van der Waals surface area contributed by atoms with Crippen LogP contribution in [0.2, 0.25) is 5.02 Å². The Kier molecular flexibility index (Phi) is 6.60. The molecule has 0 aliphatic rings. The second-order valence-corrected chi connectivity index (χ2v) is 6.18. The summed E-state index contributed by atoms with van der Waals surface area (Å²) in [5, 5.41) is 8.38. The number of rotatable bonds is 5. The maximum atomic E-state index is 12.2. The van der Waals surface area contributed by atoms with Gasteiger partial charge in [0.2, 0.25) is 0 Å². The monoisotopic (exact) mass is 410 g/mol. The van der Waals surface area contributed by atoms with Gasteiger partial charge in [0.05, 0.1) is 11.3 Å². The first kappa shape index (κ1) is 18.3. The Morgan fingerprint density at radius 1 is 1.12 bits per heavy atom. The molecule has 2 aromatic carbocycles. The first-order chi connectivity index (χ1) is 11.5. The molecule has 0 fully saturated rings. The van der Waals surface area contributed by atoms with Crippen molar-refractivity contribution in [1.82, 2.24) is 5.32 Å². The van der Waals surface area contributed by atoms with Gasteiger partial charge >= 0.3 is 6.03 Å². The number of amides is 3. The molecule has 0 saturated carbocycles. The van der Waals surface area contributed by atoms with E-state index < -0.39 is 6.03 Å². The molecule has 0 spiro atoms. The number of nitrogens with one attached hydrogen (secondary N) is 3. The highest BCUT2D eigenvalue weighted by Gasteiger charge is 2.14. The van der Waals surface area contributed by atoms with Gasteiger partial charge < -0.3 is 21.7 Å². The van der Waals surface area contributed by atoms with Gasteiger partial charge in [-0.15, -0.1) is 0 Å². The van der Waals surface area contributed by atoms with Crippen molar-refractivity contribution in [1.29, 1.82) is 0 Å². The molecule has 6 nitrogen and oxygen atoms in total. The van der Waals surface area contributed by atoms with E-state index in [1.54, 1.807) is 30.3 Å². The van der Waals surface area contributed by atoms with Gasteiger partial charge in [0.25, 0.3) is 5.91 Å². The van der Waals surface area contributed by atoms with Gasteiger partial charge in [0.15, 0.2) is 0 Å². The molecule has 0 aromatic heterocycles. The zero-order valence-electron chi connectivity index (χ0n) is 12.6. The minimum absolute atomic E-state index is 0.303. The topological polar surface area (TPSA) is 96.2 Å². The summed E-state index contributed by atoms with van der Waals surface area (Å²) in [6.07, 6.45) is 0. The van der Waals surface area contributed by atoms with Crippen molar-refractivity contribution in [2.45, 2.75) is 0 Å². The summed E-state index contributed by atoms with van der Waals surface area (Å²) >= 11 is 9.29. The van der Waals surface area contributed by atoms with E-state index in [-0.39, 0.29) is 5.91 Å². The molecule has 3 amide bonds. The summed E-state index contributed by atoms with van der Waals surface area (Å²) in [7, 11) is 0. The van der Waals surface area contributed by atoms with Crippen LogP contribution in [0.5, 0.6) is 0 Å². The summed E-state index contributed by atoms with van der Waals surface area (Å²) in [6, 6.07) is 11.3. The maximum Gasteiger partial charge on any atom is 0.323 e. The second-order valence-electron chi connectivity index (χ2n) is 4.82. The van der Waals surface area contributed by atoms with Gasteiger partial charge in [-0.2, -0.15) is 0 Å². The van der Waals surface area contributed by atoms with E-state index in [4.69, 9.17) is 17.3 Å². The highest BCUT2D eigenvalue weighted by atomic mass is 79.9. The Labute approximate surface area is 152 Å². The van der Waals surface area contributed by atoms with Crippen molar-refractivity contribution in [2.24, 2.45) is 5.73 Å². The van der Waals surface area contributed by atoms with Gasteiger partial charge in [-0.05, 0) is 36.4 Å². The average Bonchev–Trinajstić information content (AvgIpc) is 2.52. The third-order valence-corrected chi connectivity index (χ3v) is 3.72. The van der Waals surface area contributed by atoms with Crippen molar-refractivity contribution >= 4 is 50.8 Å². The van der Waals surface area contributed by atoms with Crippen LogP contribution in [0.4, 0.5) is 16.2 Å². The minimum atomic E-state index is -0.483. The predicted octanol–water partition coefficient (Wildman–Crippen LogP) is 3.44. The molecule has 8 heteroatoms. The summed E-state index contributed by atoms with van der Waals surface area (Å²) in [6.45, 7) is 0.663. The molecule has 0 bridgehead atoms. The van der Waals surface area contributed by atoms with E-state index in [1.165, 1.54) is 6.07 Å². The number of hydrogen-bond donors (Lipinski definition) is 4. The standard InChI is InChI=1S/C16H16BrClN4O2/c17-10-2-1-3-12(8-10)21-16(24)22-14-9-11(18)4-5-13(14)15(23)20-7-6-19/h1-5,8-9H,6-7,19H2,(H,20,23)(H2,21,22,24). The molecule has 5 N–H and O–H groups in total. The molecule has 2 aromatic rings. The lowest BCUT2D eigenvalue weighted by atomic mass is 10.1. The molecule has 0 unspecified atom stereocenters.